The standard InChI is InChI=1S/C27H21N5O4/c1-17-5-6-19(26-29-23-12-9-21(32(34)35)15-25(23)30-26)14-24(17)31-27(33)18-7-10-22(11-8-18)36-16-20-4-2-3-13-28-20/h2-15H,16H2,1H3,(H,29,30)(H,31,33). The summed E-state index contributed by atoms with van der Waals surface area (Å²) in [4.78, 5) is 35.4. The first-order valence-electron chi connectivity index (χ1n) is 11.2. The van der Waals surface area contributed by atoms with E-state index in [1.807, 2.05) is 43.3 Å². The summed E-state index contributed by atoms with van der Waals surface area (Å²) in [6.07, 6.45) is 1.71. The first kappa shape index (κ1) is 22.7. The molecular formula is C27H21N5O4. The lowest BCUT2D eigenvalue weighted by atomic mass is 10.1. The SMILES string of the molecule is Cc1ccc(-c2nc3ccc([N+](=O)[O-])cc3[nH]2)cc1NC(=O)c1ccc(OCc2ccccn2)cc1. The van der Waals surface area contributed by atoms with Crippen LogP contribution in [0.25, 0.3) is 22.4 Å². The van der Waals surface area contributed by atoms with Gasteiger partial charge in [-0.2, -0.15) is 0 Å². The van der Waals surface area contributed by atoms with Crippen molar-refractivity contribution in [2.75, 3.05) is 5.32 Å². The molecule has 2 aromatic heterocycles. The second-order valence-electron chi connectivity index (χ2n) is 8.16. The van der Waals surface area contributed by atoms with Gasteiger partial charge in [-0.3, -0.25) is 19.9 Å². The molecule has 0 radical (unpaired) electrons. The fourth-order valence-corrected chi connectivity index (χ4v) is 3.69. The van der Waals surface area contributed by atoms with E-state index in [0.717, 1.165) is 16.8 Å². The molecule has 0 saturated carbocycles. The van der Waals surface area contributed by atoms with Crippen molar-refractivity contribution in [1.29, 1.82) is 0 Å². The monoisotopic (exact) mass is 479 g/mol. The van der Waals surface area contributed by atoms with Gasteiger partial charge in [0.05, 0.1) is 21.7 Å². The number of aromatic amines is 1. The number of aryl methyl sites for hydroxylation is 1. The topological polar surface area (TPSA) is 123 Å². The molecule has 5 aromatic rings. The number of anilines is 1. The van der Waals surface area contributed by atoms with Crippen molar-refractivity contribution in [3.8, 4) is 17.1 Å². The number of rotatable bonds is 7. The molecule has 0 bridgehead atoms. The number of hydrogen-bond donors (Lipinski definition) is 2. The number of nitro benzene ring substituents is 1. The van der Waals surface area contributed by atoms with Crippen LogP contribution in [0.2, 0.25) is 0 Å². The predicted molar refractivity (Wildman–Crippen MR) is 136 cm³/mol. The summed E-state index contributed by atoms with van der Waals surface area (Å²) < 4.78 is 5.73. The number of pyridine rings is 1. The molecule has 2 heterocycles. The molecule has 0 saturated heterocycles. The molecule has 9 nitrogen and oxygen atoms in total. The summed E-state index contributed by atoms with van der Waals surface area (Å²) >= 11 is 0. The van der Waals surface area contributed by atoms with Crippen molar-refractivity contribution in [3.05, 3.63) is 112 Å². The second kappa shape index (κ2) is 9.67. The van der Waals surface area contributed by atoms with Gasteiger partial charge in [-0.05, 0) is 61.0 Å². The number of ether oxygens (including phenoxy) is 1. The van der Waals surface area contributed by atoms with Gasteiger partial charge in [0.25, 0.3) is 11.6 Å². The molecule has 36 heavy (non-hydrogen) atoms. The van der Waals surface area contributed by atoms with Gasteiger partial charge in [0.15, 0.2) is 0 Å². The Morgan fingerprint density at radius 2 is 1.89 bits per heavy atom. The van der Waals surface area contributed by atoms with Crippen molar-refractivity contribution < 1.29 is 14.5 Å². The van der Waals surface area contributed by atoms with Crippen LogP contribution in [-0.2, 0) is 6.61 Å². The Balaban J connectivity index is 1.31. The Morgan fingerprint density at radius 3 is 2.64 bits per heavy atom. The summed E-state index contributed by atoms with van der Waals surface area (Å²) in [6, 6.07) is 22.6. The van der Waals surface area contributed by atoms with Crippen LogP contribution in [0.4, 0.5) is 11.4 Å². The van der Waals surface area contributed by atoms with Crippen molar-refractivity contribution in [1.82, 2.24) is 15.0 Å². The number of benzene rings is 3. The minimum absolute atomic E-state index is 0.0114. The summed E-state index contributed by atoms with van der Waals surface area (Å²) in [5.74, 6) is 0.933. The number of nitrogens with one attached hydrogen (secondary N) is 2. The fourth-order valence-electron chi connectivity index (χ4n) is 3.69. The van der Waals surface area contributed by atoms with Crippen LogP contribution in [0.1, 0.15) is 21.6 Å². The number of carbonyl (C=O) groups excluding carboxylic acids is 1. The van der Waals surface area contributed by atoms with E-state index in [-0.39, 0.29) is 11.6 Å². The highest BCUT2D eigenvalue weighted by Crippen LogP contribution is 2.27. The molecule has 0 aliphatic heterocycles. The van der Waals surface area contributed by atoms with E-state index in [2.05, 4.69) is 20.3 Å². The molecule has 2 N–H and O–H groups in total. The third-order valence-corrected chi connectivity index (χ3v) is 5.66. The third kappa shape index (κ3) is 4.90. The number of amides is 1. The van der Waals surface area contributed by atoms with E-state index in [9.17, 15) is 14.9 Å². The zero-order valence-electron chi connectivity index (χ0n) is 19.3. The fraction of sp³-hybridized carbons (Fsp3) is 0.0741. The Hall–Kier alpha value is -5.05. The van der Waals surface area contributed by atoms with Crippen molar-refractivity contribution in [3.63, 3.8) is 0 Å². The molecule has 0 aliphatic carbocycles. The average molecular weight is 479 g/mol. The zero-order valence-corrected chi connectivity index (χ0v) is 19.3. The Kier molecular flexibility index (Phi) is 6.10. The summed E-state index contributed by atoms with van der Waals surface area (Å²) in [5.41, 5.74) is 4.74. The maximum atomic E-state index is 12.9. The smallest absolute Gasteiger partial charge is 0.271 e. The number of imidazole rings is 1. The van der Waals surface area contributed by atoms with E-state index >= 15 is 0 Å². The highest BCUT2D eigenvalue weighted by atomic mass is 16.6. The largest absolute Gasteiger partial charge is 0.487 e. The van der Waals surface area contributed by atoms with Crippen LogP contribution < -0.4 is 10.1 Å². The third-order valence-electron chi connectivity index (χ3n) is 5.66. The lowest BCUT2D eigenvalue weighted by molar-refractivity contribution is -0.384. The van der Waals surface area contributed by atoms with Crippen LogP contribution in [0, 0.1) is 17.0 Å². The lowest BCUT2D eigenvalue weighted by Gasteiger charge is -2.11. The first-order valence-corrected chi connectivity index (χ1v) is 11.2. The number of H-pyrrole nitrogens is 1. The summed E-state index contributed by atoms with van der Waals surface area (Å²) in [6.45, 7) is 2.24. The van der Waals surface area contributed by atoms with Crippen LogP contribution in [0.5, 0.6) is 5.75 Å². The van der Waals surface area contributed by atoms with Gasteiger partial charge in [0, 0.05) is 35.1 Å². The van der Waals surface area contributed by atoms with Gasteiger partial charge in [0.2, 0.25) is 0 Å². The molecular weight excluding hydrogens is 458 g/mol. The van der Waals surface area contributed by atoms with Gasteiger partial charge in [-0.1, -0.05) is 18.2 Å². The maximum absolute atomic E-state index is 12.9. The van der Waals surface area contributed by atoms with E-state index in [4.69, 9.17) is 4.74 Å². The summed E-state index contributed by atoms with van der Waals surface area (Å²) in [5, 5.41) is 14.0. The van der Waals surface area contributed by atoms with Crippen LogP contribution in [0.15, 0.2) is 85.1 Å². The molecule has 0 atom stereocenters. The number of nitrogens with zero attached hydrogens (tertiary/aromatic N) is 3. The van der Waals surface area contributed by atoms with Gasteiger partial charge in [0.1, 0.15) is 18.2 Å². The van der Waals surface area contributed by atoms with Gasteiger partial charge < -0.3 is 15.0 Å². The van der Waals surface area contributed by atoms with Crippen molar-refractivity contribution in [2.45, 2.75) is 13.5 Å². The van der Waals surface area contributed by atoms with Crippen LogP contribution >= 0.6 is 0 Å². The molecule has 0 fully saturated rings. The quantitative estimate of drug-likeness (QED) is 0.229. The van der Waals surface area contributed by atoms with Crippen molar-refractivity contribution >= 4 is 28.3 Å². The molecule has 0 aliphatic rings. The van der Waals surface area contributed by atoms with E-state index < -0.39 is 4.92 Å². The van der Waals surface area contributed by atoms with E-state index in [1.165, 1.54) is 12.1 Å². The Morgan fingerprint density at radius 1 is 1.06 bits per heavy atom. The zero-order chi connectivity index (χ0) is 25.1. The van der Waals surface area contributed by atoms with Crippen LogP contribution in [0.3, 0.4) is 0 Å². The molecule has 3 aromatic carbocycles. The van der Waals surface area contributed by atoms with Gasteiger partial charge >= 0.3 is 0 Å². The normalized spacial score (nSPS) is 10.8. The molecule has 178 valence electrons. The number of carbonyl (C=O) groups is 1. The van der Waals surface area contributed by atoms with E-state index in [1.54, 1.807) is 36.5 Å². The number of fused-ring (bicyclic) bond motifs is 1. The minimum Gasteiger partial charge on any atom is -0.487 e. The first-order chi connectivity index (χ1) is 17.5. The number of hydrogen-bond acceptors (Lipinski definition) is 6. The average Bonchev–Trinajstić information content (AvgIpc) is 3.33. The highest BCUT2D eigenvalue weighted by molar-refractivity contribution is 6.05. The lowest BCUT2D eigenvalue weighted by Crippen LogP contribution is -2.12. The minimum atomic E-state index is -0.446. The summed E-state index contributed by atoms with van der Waals surface area (Å²) in [7, 11) is 0. The molecule has 1 amide bonds. The van der Waals surface area contributed by atoms with E-state index in [0.29, 0.717) is 40.5 Å². The van der Waals surface area contributed by atoms with Crippen LogP contribution in [-0.4, -0.2) is 25.8 Å². The Bertz CT molecular complexity index is 1560. The van der Waals surface area contributed by atoms with Crippen molar-refractivity contribution in [2.24, 2.45) is 0 Å². The molecule has 0 unspecified atom stereocenters. The number of nitro groups is 1. The second-order valence-corrected chi connectivity index (χ2v) is 8.16. The Labute approximate surface area is 206 Å². The van der Waals surface area contributed by atoms with Gasteiger partial charge in [-0.25, -0.2) is 4.98 Å². The van der Waals surface area contributed by atoms with Gasteiger partial charge in [-0.15, -0.1) is 0 Å². The molecule has 9 heteroatoms. The maximum Gasteiger partial charge on any atom is 0.271 e. The number of aromatic nitrogens is 3. The highest BCUT2D eigenvalue weighted by Gasteiger charge is 2.13. The molecule has 0 spiro atoms. The molecule has 5 rings (SSSR count). The number of non-ortho nitro benzene ring substituents is 1. The predicted octanol–water partition coefficient (Wildman–Crippen LogP) is 5.67.